The molecule has 0 saturated heterocycles. The van der Waals surface area contributed by atoms with Crippen LogP contribution in [0.3, 0.4) is 0 Å². The van der Waals surface area contributed by atoms with Crippen molar-refractivity contribution in [1.29, 1.82) is 0 Å². The van der Waals surface area contributed by atoms with Crippen LogP contribution in [0.1, 0.15) is 12.0 Å². The van der Waals surface area contributed by atoms with Crippen LogP contribution >= 0.6 is 0 Å². The summed E-state index contributed by atoms with van der Waals surface area (Å²) in [5.41, 5.74) is 7.29. The summed E-state index contributed by atoms with van der Waals surface area (Å²) in [5.74, 6) is 0.360. The lowest BCUT2D eigenvalue weighted by Crippen LogP contribution is -2.05. The molecule has 0 unspecified atom stereocenters. The van der Waals surface area contributed by atoms with Crippen LogP contribution in [0.5, 0.6) is 5.75 Å². The summed E-state index contributed by atoms with van der Waals surface area (Å²) in [6, 6.07) is 4.44. The molecule has 0 aliphatic heterocycles. The van der Waals surface area contributed by atoms with Gasteiger partial charge in [0.25, 0.3) is 0 Å². The smallest absolute Gasteiger partial charge is 0.416 e. The van der Waals surface area contributed by atoms with Crippen molar-refractivity contribution in [3.8, 4) is 5.75 Å². The molecule has 1 aromatic carbocycles. The quantitative estimate of drug-likeness (QED) is 0.337. The van der Waals surface area contributed by atoms with Crippen molar-refractivity contribution in [1.82, 2.24) is 0 Å². The Morgan fingerprint density at radius 1 is 1.24 bits per heavy atom. The molecule has 0 aliphatic rings. The van der Waals surface area contributed by atoms with Gasteiger partial charge in [0.1, 0.15) is 5.75 Å². The summed E-state index contributed by atoms with van der Waals surface area (Å²) in [5, 5.41) is 3.30. The molecule has 0 N–H and O–H groups in total. The zero-order chi connectivity index (χ0) is 12.7. The van der Waals surface area contributed by atoms with E-state index in [1.165, 1.54) is 12.1 Å². The SMILES string of the molecule is [N-]=[N+]=NCCCOc1ccc(C(F)(F)F)cc1. The lowest BCUT2D eigenvalue weighted by atomic mass is 10.2. The van der Waals surface area contributed by atoms with Crippen molar-refractivity contribution in [3.05, 3.63) is 40.3 Å². The van der Waals surface area contributed by atoms with E-state index >= 15 is 0 Å². The largest absolute Gasteiger partial charge is 0.494 e. The van der Waals surface area contributed by atoms with E-state index in [1.54, 1.807) is 0 Å². The van der Waals surface area contributed by atoms with Gasteiger partial charge in [-0.2, -0.15) is 13.2 Å². The second kappa shape index (κ2) is 6.00. The van der Waals surface area contributed by atoms with Gasteiger partial charge < -0.3 is 4.74 Å². The van der Waals surface area contributed by atoms with Crippen LogP contribution < -0.4 is 4.74 Å². The van der Waals surface area contributed by atoms with Crippen LogP contribution in [-0.2, 0) is 6.18 Å². The van der Waals surface area contributed by atoms with Gasteiger partial charge in [0.2, 0.25) is 0 Å². The maximum Gasteiger partial charge on any atom is 0.416 e. The van der Waals surface area contributed by atoms with Crippen molar-refractivity contribution in [2.45, 2.75) is 12.6 Å². The molecule has 0 aliphatic carbocycles. The Balaban J connectivity index is 2.43. The molecular weight excluding hydrogens is 235 g/mol. The minimum absolute atomic E-state index is 0.296. The van der Waals surface area contributed by atoms with Gasteiger partial charge in [-0.1, -0.05) is 5.11 Å². The van der Waals surface area contributed by atoms with Crippen LogP contribution in [0.15, 0.2) is 29.4 Å². The summed E-state index contributed by atoms with van der Waals surface area (Å²) in [7, 11) is 0. The molecule has 1 aromatic rings. The highest BCUT2D eigenvalue weighted by Gasteiger charge is 2.29. The van der Waals surface area contributed by atoms with E-state index in [0.717, 1.165) is 12.1 Å². The standard InChI is InChI=1S/C10H10F3N3O/c11-10(12,13)8-2-4-9(5-3-8)17-7-1-6-15-16-14/h2-5H,1,6-7H2. The third kappa shape index (κ3) is 4.65. The van der Waals surface area contributed by atoms with Crippen LogP contribution in [0.4, 0.5) is 13.2 Å². The first kappa shape index (κ1) is 13.2. The lowest BCUT2D eigenvalue weighted by molar-refractivity contribution is -0.137. The topological polar surface area (TPSA) is 58.0 Å². The van der Waals surface area contributed by atoms with Crippen molar-refractivity contribution in [2.75, 3.05) is 13.2 Å². The van der Waals surface area contributed by atoms with E-state index in [-0.39, 0.29) is 0 Å². The number of benzene rings is 1. The number of nitrogens with zero attached hydrogens (tertiary/aromatic N) is 3. The van der Waals surface area contributed by atoms with Gasteiger partial charge in [0, 0.05) is 11.5 Å². The number of halogens is 3. The monoisotopic (exact) mass is 245 g/mol. The molecule has 17 heavy (non-hydrogen) atoms. The van der Waals surface area contributed by atoms with E-state index in [9.17, 15) is 13.2 Å². The first-order chi connectivity index (χ1) is 8.04. The van der Waals surface area contributed by atoms with Crippen molar-refractivity contribution in [2.24, 2.45) is 5.11 Å². The van der Waals surface area contributed by atoms with Gasteiger partial charge in [-0.15, -0.1) is 0 Å². The molecule has 0 amide bonds. The van der Waals surface area contributed by atoms with Gasteiger partial charge in [0.05, 0.1) is 12.2 Å². The molecule has 92 valence electrons. The predicted molar refractivity (Wildman–Crippen MR) is 55.6 cm³/mol. The fourth-order valence-electron chi connectivity index (χ4n) is 1.11. The highest BCUT2D eigenvalue weighted by molar-refractivity contribution is 5.28. The third-order valence-electron chi connectivity index (χ3n) is 1.92. The molecule has 0 fully saturated rings. The molecule has 1 rings (SSSR count). The van der Waals surface area contributed by atoms with Crippen molar-refractivity contribution < 1.29 is 17.9 Å². The summed E-state index contributed by atoms with van der Waals surface area (Å²) >= 11 is 0. The highest BCUT2D eigenvalue weighted by atomic mass is 19.4. The van der Waals surface area contributed by atoms with Crippen LogP contribution in [0.2, 0.25) is 0 Å². The average Bonchev–Trinajstić information content (AvgIpc) is 2.28. The van der Waals surface area contributed by atoms with Crippen LogP contribution in [-0.4, -0.2) is 13.2 Å². The number of alkyl halides is 3. The van der Waals surface area contributed by atoms with E-state index < -0.39 is 11.7 Å². The lowest BCUT2D eigenvalue weighted by Gasteiger charge is -2.08. The average molecular weight is 245 g/mol. The maximum absolute atomic E-state index is 12.2. The fraction of sp³-hybridized carbons (Fsp3) is 0.400. The third-order valence-corrected chi connectivity index (χ3v) is 1.92. The first-order valence-electron chi connectivity index (χ1n) is 4.85. The number of hydrogen-bond donors (Lipinski definition) is 0. The van der Waals surface area contributed by atoms with Gasteiger partial charge in [-0.05, 0) is 36.2 Å². The fourth-order valence-corrected chi connectivity index (χ4v) is 1.11. The summed E-state index contributed by atoms with van der Waals surface area (Å²) in [6.45, 7) is 0.599. The maximum atomic E-state index is 12.2. The molecule has 0 aromatic heterocycles. The number of hydrogen-bond acceptors (Lipinski definition) is 2. The van der Waals surface area contributed by atoms with Gasteiger partial charge >= 0.3 is 6.18 Å². The number of rotatable bonds is 5. The Hall–Kier alpha value is -1.88. The Morgan fingerprint density at radius 2 is 1.88 bits per heavy atom. The molecule has 0 atom stereocenters. The molecule has 0 spiro atoms. The zero-order valence-corrected chi connectivity index (χ0v) is 8.81. The molecule has 0 radical (unpaired) electrons. The second-order valence-electron chi connectivity index (χ2n) is 3.18. The van der Waals surface area contributed by atoms with Crippen molar-refractivity contribution in [3.63, 3.8) is 0 Å². The molecule has 0 heterocycles. The Bertz CT molecular complexity index is 396. The Labute approximate surface area is 95.6 Å². The summed E-state index contributed by atoms with van der Waals surface area (Å²) < 4.78 is 41.8. The number of azide groups is 1. The van der Waals surface area contributed by atoms with Crippen LogP contribution in [0.25, 0.3) is 10.4 Å². The molecule has 7 heteroatoms. The molecule has 0 bridgehead atoms. The van der Waals surface area contributed by atoms with Crippen molar-refractivity contribution >= 4 is 0 Å². The molecule has 4 nitrogen and oxygen atoms in total. The molecule has 0 saturated carbocycles. The Morgan fingerprint density at radius 3 is 2.41 bits per heavy atom. The molecular formula is C10H10F3N3O. The summed E-state index contributed by atoms with van der Waals surface area (Å²) in [6.07, 6.45) is -3.81. The zero-order valence-electron chi connectivity index (χ0n) is 8.81. The second-order valence-corrected chi connectivity index (χ2v) is 3.18. The minimum atomic E-state index is -4.33. The van der Waals surface area contributed by atoms with Gasteiger partial charge in [-0.25, -0.2) is 0 Å². The van der Waals surface area contributed by atoms with Gasteiger partial charge in [-0.3, -0.25) is 0 Å². The van der Waals surface area contributed by atoms with Gasteiger partial charge in [0.15, 0.2) is 0 Å². The van der Waals surface area contributed by atoms with Crippen LogP contribution in [0, 0.1) is 0 Å². The summed E-state index contributed by atoms with van der Waals surface area (Å²) in [4.78, 5) is 2.56. The van der Waals surface area contributed by atoms with E-state index in [4.69, 9.17) is 10.3 Å². The normalized spacial score (nSPS) is 10.8. The predicted octanol–water partition coefficient (Wildman–Crippen LogP) is 3.78. The first-order valence-corrected chi connectivity index (χ1v) is 4.85. The number of ether oxygens (including phenoxy) is 1. The van der Waals surface area contributed by atoms with E-state index in [0.29, 0.717) is 25.3 Å². The Kier molecular flexibility index (Phi) is 4.66. The minimum Gasteiger partial charge on any atom is -0.494 e. The highest BCUT2D eigenvalue weighted by Crippen LogP contribution is 2.30. The van der Waals surface area contributed by atoms with E-state index in [2.05, 4.69) is 10.0 Å². The van der Waals surface area contributed by atoms with E-state index in [1.807, 2.05) is 0 Å².